The number of hydrogen-bond acceptors (Lipinski definition) is 6. The van der Waals surface area contributed by atoms with Crippen LogP contribution < -0.4 is 0 Å². The number of benzene rings is 2. The van der Waals surface area contributed by atoms with Crippen molar-refractivity contribution in [3.8, 4) is 28.5 Å². The van der Waals surface area contributed by atoms with Gasteiger partial charge in [-0.15, -0.1) is 10.2 Å². The molecule has 0 saturated heterocycles. The molecule has 3 heterocycles. The number of para-hydroxylation sites is 1. The van der Waals surface area contributed by atoms with Gasteiger partial charge in [0.15, 0.2) is 11.0 Å². The fraction of sp³-hybridized carbons (Fsp3) is 0.0833. The maximum absolute atomic E-state index is 5.67. The highest BCUT2D eigenvalue weighted by molar-refractivity contribution is 7.98. The number of rotatable bonds is 6. The summed E-state index contributed by atoms with van der Waals surface area (Å²) in [5.74, 6) is 2.00. The summed E-state index contributed by atoms with van der Waals surface area (Å²) < 4.78 is 7.75. The summed E-state index contributed by atoms with van der Waals surface area (Å²) in [6.45, 7) is 2.08. The van der Waals surface area contributed by atoms with E-state index in [2.05, 4.69) is 43.8 Å². The van der Waals surface area contributed by atoms with Gasteiger partial charge >= 0.3 is 0 Å². The first-order valence-electron chi connectivity index (χ1n) is 9.84. The van der Waals surface area contributed by atoms with E-state index in [9.17, 15) is 0 Å². The summed E-state index contributed by atoms with van der Waals surface area (Å²) in [5.41, 5.74) is 4.91. The van der Waals surface area contributed by atoms with Gasteiger partial charge in [0.05, 0.1) is 11.4 Å². The van der Waals surface area contributed by atoms with E-state index in [1.54, 1.807) is 30.4 Å². The Morgan fingerprint density at radius 1 is 0.903 bits per heavy atom. The van der Waals surface area contributed by atoms with Crippen molar-refractivity contribution in [3.05, 3.63) is 96.6 Å². The molecule has 0 bridgehead atoms. The van der Waals surface area contributed by atoms with Crippen LogP contribution >= 0.6 is 11.8 Å². The van der Waals surface area contributed by atoms with Crippen molar-refractivity contribution in [2.24, 2.45) is 0 Å². The first kappa shape index (κ1) is 19.3. The zero-order valence-corrected chi connectivity index (χ0v) is 17.7. The van der Waals surface area contributed by atoms with E-state index in [0.29, 0.717) is 11.6 Å². The van der Waals surface area contributed by atoms with Gasteiger partial charge in [0.2, 0.25) is 5.89 Å². The zero-order valence-electron chi connectivity index (χ0n) is 16.8. The number of oxazole rings is 1. The molecular weight excluding hydrogens is 406 g/mol. The molecule has 3 aromatic heterocycles. The number of thioether (sulfide) groups is 1. The normalized spacial score (nSPS) is 11.0. The molecule has 7 heteroatoms. The third-order valence-electron chi connectivity index (χ3n) is 4.83. The zero-order chi connectivity index (χ0) is 21.0. The van der Waals surface area contributed by atoms with E-state index < -0.39 is 0 Å². The van der Waals surface area contributed by atoms with Gasteiger partial charge in [-0.25, -0.2) is 4.98 Å². The Kier molecular flexibility index (Phi) is 5.33. The summed E-state index contributed by atoms with van der Waals surface area (Å²) in [6.07, 6.45) is 5.26. The molecule has 152 valence electrons. The van der Waals surface area contributed by atoms with Crippen molar-refractivity contribution in [1.29, 1.82) is 0 Å². The first-order valence-corrected chi connectivity index (χ1v) is 10.8. The molecule has 5 aromatic rings. The standard InChI is InChI=1S/C24H19N5OS/c1-17-8-5-6-12-21(17)29-22(19-11-7-13-25-14-19)27-28-24(29)31-16-20-15-30-23(26-20)18-9-3-2-4-10-18/h2-15H,16H2,1H3. The van der Waals surface area contributed by atoms with Gasteiger partial charge in [-0.1, -0.05) is 48.2 Å². The Labute approximate surface area is 184 Å². The Morgan fingerprint density at radius 2 is 1.71 bits per heavy atom. The maximum atomic E-state index is 5.67. The lowest BCUT2D eigenvalue weighted by Crippen LogP contribution is -2.02. The molecule has 0 amide bonds. The minimum absolute atomic E-state index is 0.618. The van der Waals surface area contributed by atoms with Gasteiger partial charge in [-0.2, -0.15) is 0 Å². The van der Waals surface area contributed by atoms with E-state index in [-0.39, 0.29) is 0 Å². The second-order valence-corrected chi connectivity index (χ2v) is 7.91. The minimum atomic E-state index is 0.618. The Hall–Kier alpha value is -3.71. The molecule has 0 spiro atoms. The quantitative estimate of drug-likeness (QED) is 0.331. The molecule has 0 aliphatic carbocycles. The molecule has 5 rings (SSSR count). The summed E-state index contributed by atoms with van der Waals surface area (Å²) in [5, 5.41) is 9.75. The summed E-state index contributed by atoms with van der Waals surface area (Å²) in [4.78, 5) is 8.87. The van der Waals surface area contributed by atoms with Crippen LogP contribution in [-0.2, 0) is 5.75 Å². The molecule has 2 aromatic carbocycles. The highest BCUT2D eigenvalue weighted by atomic mass is 32.2. The van der Waals surface area contributed by atoms with E-state index in [1.165, 1.54) is 0 Å². The molecule has 0 atom stereocenters. The molecule has 0 radical (unpaired) electrons. The van der Waals surface area contributed by atoms with Crippen LogP contribution in [0.4, 0.5) is 0 Å². The van der Waals surface area contributed by atoms with Crippen LogP contribution in [0.2, 0.25) is 0 Å². The molecule has 6 nitrogen and oxygen atoms in total. The smallest absolute Gasteiger partial charge is 0.226 e. The lowest BCUT2D eigenvalue weighted by atomic mass is 10.2. The van der Waals surface area contributed by atoms with E-state index in [4.69, 9.17) is 4.42 Å². The van der Waals surface area contributed by atoms with Crippen LogP contribution in [0, 0.1) is 6.92 Å². The average Bonchev–Trinajstić information content (AvgIpc) is 3.46. The average molecular weight is 426 g/mol. The molecule has 0 saturated carbocycles. The van der Waals surface area contributed by atoms with Crippen LogP contribution in [-0.4, -0.2) is 24.7 Å². The van der Waals surface area contributed by atoms with Crippen LogP contribution in [0.15, 0.2) is 95.0 Å². The van der Waals surface area contributed by atoms with E-state index in [1.807, 2.05) is 54.6 Å². The number of aryl methyl sites for hydroxylation is 1. The summed E-state index contributed by atoms with van der Waals surface area (Å²) in [7, 11) is 0. The molecule has 0 aliphatic heterocycles. The van der Waals surface area contributed by atoms with Crippen molar-refractivity contribution in [2.75, 3.05) is 0 Å². The second-order valence-electron chi connectivity index (χ2n) is 6.97. The van der Waals surface area contributed by atoms with Gasteiger partial charge in [-0.05, 0) is 42.8 Å². The van der Waals surface area contributed by atoms with Crippen LogP contribution in [0.1, 0.15) is 11.3 Å². The Morgan fingerprint density at radius 3 is 2.52 bits per heavy atom. The van der Waals surface area contributed by atoms with Gasteiger partial charge in [-0.3, -0.25) is 9.55 Å². The second kappa shape index (κ2) is 8.57. The molecular formula is C24H19N5OS. The van der Waals surface area contributed by atoms with Crippen molar-refractivity contribution in [3.63, 3.8) is 0 Å². The number of hydrogen-bond donors (Lipinski definition) is 0. The maximum Gasteiger partial charge on any atom is 0.226 e. The van der Waals surface area contributed by atoms with Crippen molar-refractivity contribution in [1.82, 2.24) is 24.7 Å². The Balaban J connectivity index is 1.47. The Bertz CT molecular complexity index is 1300. The van der Waals surface area contributed by atoms with Crippen LogP contribution in [0.3, 0.4) is 0 Å². The minimum Gasteiger partial charge on any atom is -0.444 e. The lowest BCUT2D eigenvalue weighted by Gasteiger charge is -2.12. The third-order valence-corrected chi connectivity index (χ3v) is 5.79. The van der Waals surface area contributed by atoms with Crippen molar-refractivity contribution in [2.45, 2.75) is 17.8 Å². The third kappa shape index (κ3) is 4.00. The molecule has 0 unspecified atom stereocenters. The highest BCUT2D eigenvalue weighted by Crippen LogP contribution is 2.31. The van der Waals surface area contributed by atoms with Crippen LogP contribution in [0.25, 0.3) is 28.5 Å². The molecule has 0 aliphatic rings. The largest absolute Gasteiger partial charge is 0.444 e. The monoisotopic (exact) mass is 425 g/mol. The fourth-order valence-corrected chi connectivity index (χ4v) is 4.12. The summed E-state index contributed by atoms with van der Waals surface area (Å²) in [6, 6.07) is 22.0. The lowest BCUT2D eigenvalue weighted by molar-refractivity contribution is 0.573. The SMILES string of the molecule is Cc1ccccc1-n1c(SCc2coc(-c3ccccc3)n2)nnc1-c1cccnc1. The van der Waals surface area contributed by atoms with Crippen LogP contribution in [0.5, 0.6) is 0 Å². The molecule has 0 N–H and O–H groups in total. The van der Waals surface area contributed by atoms with Gasteiger partial charge in [0, 0.05) is 29.3 Å². The fourth-order valence-electron chi connectivity index (χ4n) is 3.30. The number of aromatic nitrogens is 5. The van der Waals surface area contributed by atoms with E-state index >= 15 is 0 Å². The van der Waals surface area contributed by atoms with Gasteiger partial charge in [0.25, 0.3) is 0 Å². The van der Waals surface area contributed by atoms with E-state index in [0.717, 1.165) is 39.1 Å². The topological polar surface area (TPSA) is 69.6 Å². The highest BCUT2D eigenvalue weighted by Gasteiger charge is 2.18. The number of pyridine rings is 1. The first-order chi connectivity index (χ1) is 15.3. The predicted octanol–water partition coefficient (Wildman–Crippen LogP) is 5.59. The van der Waals surface area contributed by atoms with Crippen molar-refractivity contribution >= 4 is 11.8 Å². The molecule has 31 heavy (non-hydrogen) atoms. The van der Waals surface area contributed by atoms with Crippen molar-refractivity contribution < 1.29 is 4.42 Å². The summed E-state index contributed by atoms with van der Waals surface area (Å²) >= 11 is 1.57. The molecule has 0 fully saturated rings. The van der Waals surface area contributed by atoms with Gasteiger partial charge in [0.1, 0.15) is 6.26 Å². The number of nitrogens with zero attached hydrogens (tertiary/aromatic N) is 5. The predicted molar refractivity (Wildman–Crippen MR) is 121 cm³/mol. The van der Waals surface area contributed by atoms with Gasteiger partial charge < -0.3 is 4.42 Å².